The van der Waals surface area contributed by atoms with Crippen LogP contribution in [0.1, 0.15) is 32.3 Å². The molecule has 2 amide bonds. The highest BCUT2D eigenvalue weighted by molar-refractivity contribution is 7.92. The van der Waals surface area contributed by atoms with Crippen molar-refractivity contribution in [3.05, 3.63) is 82.1 Å². The van der Waals surface area contributed by atoms with E-state index in [2.05, 4.69) is 5.32 Å². The third kappa shape index (κ3) is 7.52. The Balaban J connectivity index is 1.76. The molecule has 0 saturated carbocycles. The molecule has 13 heteroatoms. The van der Waals surface area contributed by atoms with Crippen LogP contribution in [-0.2, 0) is 26.2 Å². The van der Waals surface area contributed by atoms with Crippen molar-refractivity contribution in [2.24, 2.45) is 0 Å². The zero-order valence-corrected chi connectivity index (χ0v) is 26.0. The van der Waals surface area contributed by atoms with Gasteiger partial charge in [-0.05, 0) is 61.4 Å². The topological polar surface area (TPSA) is 105 Å². The number of fused-ring (bicyclic) bond motifs is 1. The van der Waals surface area contributed by atoms with Crippen LogP contribution < -0.4 is 19.1 Å². The highest BCUT2D eigenvalue weighted by Crippen LogP contribution is 2.35. The van der Waals surface area contributed by atoms with Gasteiger partial charge in [0.25, 0.3) is 10.0 Å². The van der Waals surface area contributed by atoms with E-state index in [1.54, 1.807) is 25.1 Å². The summed E-state index contributed by atoms with van der Waals surface area (Å²) in [6.45, 7) is 3.74. The fourth-order valence-corrected chi connectivity index (χ4v) is 6.53. The molecule has 0 radical (unpaired) electrons. The molecule has 1 atom stereocenters. The van der Waals surface area contributed by atoms with Gasteiger partial charge in [-0.2, -0.15) is 0 Å². The van der Waals surface area contributed by atoms with Crippen LogP contribution in [-0.4, -0.2) is 57.5 Å². The van der Waals surface area contributed by atoms with Crippen LogP contribution in [0.3, 0.4) is 0 Å². The Morgan fingerprint density at radius 1 is 0.977 bits per heavy atom. The van der Waals surface area contributed by atoms with Crippen LogP contribution >= 0.6 is 23.2 Å². The van der Waals surface area contributed by atoms with Crippen molar-refractivity contribution in [2.75, 3.05) is 30.6 Å². The fourth-order valence-electron chi connectivity index (χ4n) is 4.59. The maximum atomic E-state index is 14.1. The Labute approximate surface area is 260 Å². The maximum Gasteiger partial charge on any atom is 0.264 e. The first-order valence-electron chi connectivity index (χ1n) is 13.7. The zero-order valence-electron chi connectivity index (χ0n) is 23.7. The molecular weight excluding hydrogens is 620 g/mol. The zero-order chi connectivity index (χ0) is 31.1. The molecule has 0 spiro atoms. The van der Waals surface area contributed by atoms with Crippen molar-refractivity contribution >= 4 is 50.7 Å². The van der Waals surface area contributed by atoms with Gasteiger partial charge in [0.05, 0.1) is 10.6 Å². The van der Waals surface area contributed by atoms with Gasteiger partial charge < -0.3 is 19.7 Å². The van der Waals surface area contributed by atoms with E-state index in [0.29, 0.717) is 30.9 Å². The highest BCUT2D eigenvalue weighted by Gasteiger charge is 2.34. The maximum absolute atomic E-state index is 14.1. The number of hydrogen-bond acceptors (Lipinski definition) is 6. The van der Waals surface area contributed by atoms with E-state index in [-0.39, 0.29) is 46.0 Å². The molecule has 0 fully saturated rings. The Kier molecular flexibility index (Phi) is 10.8. The molecule has 9 nitrogen and oxygen atoms in total. The smallest absolute Gasteiger partial charge is 0.264 e. The second kappa shape index (κ2) is 14.3. The predicted octanol–water partition coefficient (Wildman–Crippen LogP) is 5.43. The second-order valence-corrected chi connectivity index (χ2v) is 12.4. The second-order valence-electron chi connectivity index (χ2n) is 9.73. The van der Waals surface area contributed by atoms with Crippen LogP contribution in [0.25, 0.3) is 0 Å². The molecule has 0 saturated heterocycles. The van der Waals surface area contributed by atoms with Gasteiger partial charge in [0, 0.05) is 34.8 Å². The summed E-state index contributed by atoms with van der Waals surface area (Å²) in [7, 11) is -4.41. The molecule has 43 heavy (non-hydrogen) atoms. The minimum absolute atomic E-state index is 0.0452. The third-order valence-electron chi connectivity index (χ3n) is 6.82. The number of amides is 2. The van der Waals surface area contributed by atoms with E-state index >= 15 is 0 Å². The first-order valence-corrected chi connectivity index (χ1v) is 15.9. The molecule has 0 bridgehead atoms. The summed E-state index contributed by atoms with van der Waals surface area (Å²) < 4.78 is 54.0. The summed E-state index contributed by atoms with van der Waals surface area (Å²) >= 11 is 12.9. The summed E-state index contributed by atoms with van der Waals surface area (Å²) in [5, 5.41) is 3.38. The van der Waals surface area contributed by atoms with E-state index in [1.165, 1.54) is 35.2 Å². The lowest BCUT2D eigenvalue weighted by Gasteiger charge is -2.33. The molecule has 0 unspecified atom stereocenters. The van der Waals surface area contributed by atoms with E-state index < -0.39 is 40.2 Å². The monoisotopic (exact) mass is 651 g/mol. The number of ether oxygens (including phenoxy) is 2. The van der Waals surface area contributed by atoms with Gasteiger partial charge in [-0.15, -0.1) is 0 Å². The number of rotatable bonds is 12. The van der Waals surface area contributed by atoms with Crippen LogP contribution in [0.4, 0.5) is 10.1 Å². The summed E-state index contributed by atoms with van der Waals surface area (Å²) in [6, 6.07) is 12.8. The number of anilines is 1. The largest absolute Gasteiger partial charge is 0.486 e. The average molecular weight is 653 g/mol. The van der Waals surface area contributed by atoms with Crippen molar-refractivity contribution in [1.29, 1.82) is 0 Å². The number of nitrogens with one attached hydrogen (secondary N) is 1. The number of benzene rings is 3. The predicted molar refractivity (Wildman–Crippen MR) is 163 cm³/mol. The van der Waals surface area contributed by atoms with Crippen LogP contribution in [0.2, 0.25) is 10.0 Å². The fraction of sp³-hybridized carbons (Fsp3) is 0.333. The summed E-state index contributed by atoms with van der Waals surface area (Å²) in [6.07, 6.45) is 0.910. The summed E-state index contributed by atoms with van der Waals surface area (Å²) in [4.78, 5) is 28.5. The molecule has 230 valence electrons. The van der Waals surface area contributed by atoms with Crippen molar-refractivity contribution in [2.45, 2.75) is 44.2 Å². The van der Waals surface area contributed by atoms with Crippen molar-refractivity contribution in [3.63, 3.8) is 0 Å². The molecular formula is C30H32Cl2FN3O6S. The van der Waals surface area contributed by atoms with E-state index in [1.807, 2.05) is 6.92 Å². The molecule has 3 aromatic rings. The van der Waals surface area contributed by atoms with Gasteiger partial charge in [-0.3, -0.25) is 13.9 Å². The standard InChI is InChI=1S/C30H32Cl2FN3O6S/c1-3-14-34-30(38)26(4-2)35(18-23-24(31)6-5-7-25(23)32)29(37)19-36(21-10-8-20(33)9-11-21)43(39,40)22-12-13-27-28(17-22)42-16-15-41-27/h5-13,17,26H,3-4,14-16,18-19H2,1-2H3,(H,34,38)/t26-/m1/s1. The lowest BCUT2D eigenvalue weighted by Crippen LogP contribution is -2.52. The molecule has 3 aromatic carbocycles. The Morgan fingerprint density at radius 2 is 1.63 bits per heavy atom. The van der Waals surface area contributed by atoms with Crippen molar-refractivity contribution in [1.82, 2.24) is 10.2 Å². The van der Waals surface area contributed by atoms with Gasteiger partial charge in [0.15, 0.2) is 11.5 Å². The normalized spacial score (nSPS) is 13.2. The van der Waals surface area contributed by atoms with E-state index in [0.717, 1.165) is 16.4 Å². The van der Waals surface area contributed by atoms with Crippen molar-refractivity contribution < 1.29 is 31.9 Å². The number of carbonyl (C=O) groups excluding carboxylic acids is 2. The minimum atomic E-state index is -4.41. The molecule has 1 heterocycles. The SMILES string of the molecule is CCCNC(=O)[C@@H](CC)N(Cc1c(Cl)cccc1Cl)C(=O)CN(c1ccc(F)cc1)S(=O)(=O)c1ccc2c(c1)OCCO2. The van der Waals surface area contributed by atoms with Gasteiger partial charge in [-0.1, -0.05) is 43.1 Å². The Hall–Kier alpha value is -3.54. The molecule has 1 N–H and O–H groups in total. The third-order valence-corrected chi connectivity index (χ3v) is 9.30. The van der Waals surface area contributed by atoms with Gasteiger partial charge in [0.1, 0.15) is 31.6 Å². The quantitative estimate of drug-likeness (QED) is 0.280. The average Bonchev–Trinajstić information content (AvgIpc) is 3.00. The summed E-state index contributed by atoms with van der Waals surface area (Å²) in [5.41, 5.74) is 0.452. The molecule has 1 aliphatic heterocycles. The van der Waals surface area contributed by atoms with Gasteiger partial charge in [-0.25, -0.2) is 12.8 Å². The van der Waals surface area contributed by atoms with E-state index in [9.17, 15) is 22.4 Å². The number of hydrogen-bond donors (Lipinski definition) is 1. The lowest BCUT2D eigenvalue weighted by molar-refractivity contribution is -0.140. The van der Waals surface area contributed by atoms with E-state index in [4.69, 9.17) is 32.7 Å². The number of nitrogens with zero attached hydrogens (tertiary/aromatic N) is 2. The first-order chi connectivity index (χ1) is 20.6. The molecule has 0 aliphatic carbocycles. The molecule has 4 rings (SSSR count). The number of halogens is 3. The number of carbonyl (C=O) groups is 2. The van der Waals surface area contributed by atoms with Crippen molar-refractivity contribution in [3.8, 4) is 11.5 Å². The Morgan fingerprint density at radius 3 is 2.26 bits per heavy atom. The lowest BCUT2D eigenvalue weighted by atomic mass is 10.1. The Bertz CT molecular complexity index is 1550. The summed E-state index contributed by atoms with van der Waals surface area (Å²) in [5.74, 6) is -1.04. The van der Waals surface area contributed by atoms with Gasteiger partial charge >= 0.3 is 0 Å². The first kappa shape index (κ1) is 32.4. The highest BCUT2D eigenvalue weighted by atomic mass is 35.5. The van der Waals surface area contributed by atoms with Crippen LogP contribution in [0, 0.1) is 5.82 Å². The molecule has 0 aromatic heterocycles. The number of sulfonamides is 1. The van der Waals surface area contributed by atoms with Gasteiger partial charge in [0.2, 0.25) is 11.8 Å². The van der Waals surface area contributed by atoms with Crippen LogP contribution in [0.5, 0.6) is 11.5 Å². The van der Waals surface area contributed by atoms with Crippen LogP contribution in [0.15, 0.2) is 65.6 Å². The minimum Gasteiger partial charge on any atom is -0.486 e. The molecule has 1 aliphatic rings.